The molecule has 0 unspecified atom stereocenters. The second-order valence-electron chi connectivity index (χ2n) is 6.65. The molecule has 4 heterocycles. The molecule has 0 aliphatic carbocycles. The Hall–Kier alpha value is -1.97. The van der Waals surface area contributed by atoms with Crippen LogP contribution in [0.4, 0.5) is 0 Å². The van der Waals surface area contributed by atoms with E-state index in [1.54, 1.807) is 15.9 Å². The fraction of sp³-hybridized carbons (Fsp3) is 0.471. The molecule has 0 bridgehead atoms. The number of rotatable bonds is 5. The molecule has 1 atom stereocenters. The van der Waals surface area contributed by atoms with E-state index in [0.29, 0.717) is 0 Å². The second kappa shape index (κ2) is 6.98. The first-order valence-electron chi connectivity index (χ1n) is 8.83. The van der Waals surface area contributed by atoms with Crippen LogP contribution < -0.4 is 10.6 Å². The van der Waals surface area contributed by atoms with Crippen LogP contribution in [-0.4, -0.2) is 38.7 Å². The Morgan fingerprint density at radius 3 is 2.85 bits per heavy atom. The van der Waals surface area contributed by atoms with Crippen molar-refractivity contribution in [1.82, 2.24) is 14.6 Å². The third-order valence-electron chi connectivity index (χ3n) is 5.09. The number of nitrogens with two attached hydrogens (primary N) is 1. The molecule has 3 aromatic heterocycles. The number of quaternary nitrogens is 1. The van der Waals surface area contributed by atoms with Crippen molar-refractivity contribution < 1.29 is 14.8 Å². The highest BCUT2D eigenvalue weighted by atomic mass is 32.1. The monoisotopic (exact) mass is 392 g/mol. The van der Waals surface area contributed by atoms with E-state index in [1.165, 1.54) is 21.1 Å². The van der Waals surface area contributed by atoms with Gasteiger partial charge in [0.25, 0.3) is 0 Å². The van der Waals surface area contributed by atoms with E-state index in [-0.39, 0.29) is 23.7 Å². The molecule has 26 heavy (non-hydrogen) atoms. The smallest absolute Gasteiger partial charge is 0.235 e. The third kappa shape index (κ3) is 3.00. The zero-order valence-electron chi connectivity index (χ0n) is 14.5. The van der Waals surface area contributed by atoms with E-state index in [2.05, 4.69) is 21.5 Å². The highest BCUT2D eigenvalue weighted by Crippen LogP contribution is 2.36. The minimum atomic E-state index is -0.203. The number of hydrogen-bond acceptors (Lipinski definition) is 6. The molecule has 1 saturated heterocycles. The Balaban J connectivity index is 1.70. The molecule has 1 aliphatic heterocycles. The summed E-state index contributed by atoms with van der Waals surface area (Å²) in [6, 6.07) is 4.17. The average Bonchev–Trinajstić information content (AvgIpc) is 3.35. The van der Waals surface area contributed by atoms with Gasteiger partial charge in [-0.15, -0.1) is 16.4 Å². The zero-order valence-corrected chi connectivity index (χ0v) is 16.1. The first kappa shape index (κ1) is 17.4. The number of hydrogen-bond donors (Lipinski definition) is 3. The lowest BCUT2D eigenvalue weighted by Gasteiger charge is -2.32. The number of likely N-dealkylation sites (tertiary alicyclic amines) is 1. The van der Waals surface area contributed by atoms with E-state index in [0.717, 1.165) is 48.0 Å². The maximum atomic E-state index is 11.5. The number of thiophene rings is 1. The molecule has 1 aliphatic rings. The van der Waals surface area contributed by atoms with Crippen molar-refractivity contribution in [3.63, 3.8) is 0 Å². The van der Waals surface area contributed by atoms with Gasteiger partial charge in [0.1, 0.15) is 4.88 Å². The minimum Gasteiger partial charge on any atom is -0.492 e. The van der Waals surface area contributed by atoms with Gasteiger partial charge in [0, 0.05) is 25.2 Å². The van der Waals surface area contributed by atoms with Crippen LogP contribution in [0.25, 0.3) is 4.96 Å². The normalized spacial score (nSPS) is 21.9. The number of amides is 1. The van der Waals surface area contributed by atoms with Crippen LogP contribution in [-0.2, 0) is 11.2 Å². The molecular formula is C17H22N5O2S2+. The lowest BCUT2D eigenvalue weighted by atomic mass is 9.94. The zero-order chi connectivity index (χ0) is 18.3. The summed E-state index contributed by atoms with van der Waals surface area (Å²) in [5.74, 6) is 0.678. The van der Waals surface area contributed by atoms with Gasteiger partial charge in [-0.1, -0.05) is 24.3 Å². The van der Waals surface area contributed by atoms with Crippen molar-refractivity contribution in [1.29, 1.82) is 0 Å². The number of aromatic hydroxyl groups is 1. The summed E-state index contributed by atoms with van der Waals surface area (Å²) in [6.07, 6.45) is 2.31. The third-order valence-corrected chi connectivity index (χ3v) is 7.11. The summed E-state index contributed by atoms with van der Waals surface area (Å²) in [5.41, 5.74) is 5.48. The molecular weight excluding hydrogens is 370 g/mol. The van der Waals surface area contributed by atoms with Gasteiger partial charge in [-0.05, 0) is 11.4 Å². The summed E-state index contributed by atoms with van der Waals surface area (Å²) >= 11 is 3.19. The van der Waals surface area contributed by atoms with Gasteiger partial charge in [-0.3, -0.25) is 4.79 Å². The molecule has 0 aromatic carbocycles. The number of carbonyl (C=O) groups is 1. The summed E-state index contributed by atoms with van der Waals surface area (Å²) in [4.78, 5) is 20.1. The number of primary amides is 1. The number of thiazole rings is 1. The maximum Gasteiger partial charge on any atom is 0.235 e. The Morgan fingerprint density at radius 2 is 2.27 bits per heavy atom. The van der Waals surface area contributed by atoms with Gasteiger partial charge >= 0.3 is 0 Å². The van der Waals surface area contributed by atoms with Gasteiger partial charge in [0.2, 0.25) is 16.7 Å². The van der Waals surface area contributed by atoms with Crippen molar-refractivity contribution in [3.8, 4) is 5.88 Å². The van der Waals surface area contributed by atoms with E-state index in [1.807, 2.05) is 13.0 Å². The van der Waals surface area contributed by atoms with Crippen LogP contribution in [0.2, 0.25) is 0 Å². The highest BCUT2D eigenvalue weighted by molar-refractivity contribution is 7.17. The topological polar surface area (TPSA) is 98.0 Å². The van der Waals surface area contributed by atoms with E-state index in [9.17, 15) is 9.90 Å². The van der Waals surface area contributed by atoms with Crippen LogP contribution >= 0.6 is 22.7 Å². The van der Waals surface area contributed by atoms with Crippen LogP contribution in [0.15, 0.2) is 17.5 Å². The fourth-order valence-corrected chi connectivity index (χ4v) is 5.78. The molecule has 138 valence electrons. The van der Waals surface area contributed by atoms with Crippen LogP contribution in [0.5, 0.6) is 5.88 Å². The summed E-state index contributed by atoms with van der Waals surface area (Å²) in [6.45, 7) is 3.70. The largest absolute Gasteiger partial charge is 0.492 e. The molecule has 4 rings (SSSR count). The minimum absolute atomic E-state index is 0.0300. The predicted molar refractivity (Wildman–Crippen MR) is 101 cm³/mol. The molecule has 1 fully saturated rings. The van der Waals surface area contributed by atoms with Crippen molar-refractivity contribution in [2.75, 3.05) is 13.1 Å². The van der Waals surface area contributed by atoms with Gasteiger partial charge in [-0.25, -0.2) is 4.98 Å². The maximum absolute atomic E-state index is 11.5. The van der Waals surface area contributed by atoms with E-state index >= 15 is 0 Å². The fourth-order valence-electron chi connectivity index (χ4n) is 3.66. The molecule has 1 amide bonds. The Morgan fingerprint density at radius 1 is 1.50 bits per heavy atom. The second-order valence-corrected chi connectivity index (χ2v) is 8.64. The Bertz CT molecular complexity index is 909. The Kier molecular flexibility index (Phi) is 4.68. The van der Waals surface area contributed by atoms with Gasteiger partial charge in [0.15, 0.2) is 11.9 Å². The van der Waals surface area contributed by atoms with Gasteiger partial charge < -0.3 is 15.7 Å². The highest BCUT2D eigenvalue weighted by Gasteiger charge is 2.37. The number of fused-ring (bicyclic) bond motifs is 1. The lowest BCUT2D eigenvalue weighted by molar-refractivity contribution is -0.930. The molecule has 0 radical (unpaired) electrons. The summed E-state index contributed by atoms with van der Waals surface area (Å²) < 4.78 is 1.55. The van der Waals surface area contributed by atoms with E-state index < -0.39 is 0 Å². The number of carbonyl (C=O) groups excluding carboxylic acids is 1. The van der Waals surface area contributed by atoms with Crippen molar-refractivity contribution in [2.24, 2.45) is 11.7 Å². The van der Waals surface area contributed by atoms with Gasteiger partial charge in [-0.2, -0.15) is 4.52 Å². The van der Waals surface area contributed by atoms with E-state index in [4.69, 9.17) is 5.73 Å². The molecule has 7 nitrogen and oxygen atoms in total. The Labute approximate surface area is 159 Å². The number of aromatic nitrogens is 3. The van der Waals surface area contributed by atoms with Crippen LogP contribution in [0.1, 0.15) is 41.4 Å². The lowest BCUT2D eigenvalue weighted by Crippen LogP contribution is -3.13. The van der Waals surface area contributed by atoms with Crippen molar-refractivity contribution in [2.45, 2.75) is 32.2 Å². The van der Waals surface area contributed by atoms with Gasteiger partial charge in [0.05, 0.1) is 18.0 Å². The van der Waals surface area contributed by atoms with Crippen LogP contribution in [0.3, 0.4) is 0 Å². The average molecular weight is 393 g/mol. The summed E-state index contributed by atoms with van der Waals surface area (Å²) in [5, 5.41) is 17.3. The number of piperidine rings is 1. The molecule has 3 aromatic rings. The first-order valence-corrected chi connectivity index (χ1v) is 10.5. The number of aryl methyl sites for hydroxylation is 1. The van der Waals surface area contributed by atoms with Crippen molar-refractivity contribution >= 4 is 33.5 Å². The standard InChI is InChI=1S/C17H21N5O2S2/c1-2-12-19-17-22(20-12)16(24)14(26-17)13(11-4-3-9-25-11)21-7-5-10(6-8-21)15(18)23/h3-4,9-10,13,24H,2,5-8H2,1H3,(H2,18,23)/p+1/t13-/m0/s1. The molecule has 9 heteroatoms. The predicted octanol–water partition coefficient (Wildman–Crippen LogP) is 0.990. The first-order chi connectivity index (χ1) is 12.6. The molecule has 4 N–H and O–H groups in total. The molecule has 0 spiro atoms. The van der Waals surface area contributed by atoms with Crippen molar-refractivity contribution in [3.05, 3.63) is 33.1 Å². The quantitative estimate of drug-likeness (QED) is 0.603. The number of nitrogens with zero attached hydrogens (tertiary/aromatic N) is 3. The molecule has 0 saturated carbocycles. The number of nitrogens with one attached hydrogen (secondary N) is 1. The SMILES string of the molecule is CCc1nc2sc([C@H](c3cccs3)[NH+]3CCC(C(N)=O)CC3)c(O)n2n1. The summed E-state index contributed by atoms with van der Waals surface area (Å²) in [7, 11) is 0. The van der Waals surface area contributed by atoms with Crippen LogP contribution in [0, 0.1) is 5.92 Å².